The van der Waals surface area contributed by atoms with E-state index in [0.717, 1.165) is 0 Å². The number of rotatable bonds is 5. The van der Waals surface area contributed by atoms with Crippen LogP contribution in [0.1, 0.15) is 17.4 Å². The van der Waals surface area contributed by atoms with Crippen molar-refractivity contribution in [2.75, 3.05) is 19.1 Å². The summed E-state index contributed by atoms with van der Waals surface area (Å²) in [5, 5.41) is 11.1. The van der Waals surface area contributed by atoms with Crippen LogP contribution in [0.25, 0.3) is 5.76 Å². The van der Waals surface area contributed by atoms with Crippen LogP contribution >= 0.6 is 0 Å². The number of carbonyl (C=O) groups is 2. The van der Waals surface area contributed by atoms with E-state index in [-0.39, 0.29) is 28.3 Å². The van der Waals surface area contributed by atoms with E-state index in [4.69, 9.17) is 13.9 Å². The van der Waals surface area contributed by atoms with Gasteiger partial charge in [0.25, 0.3) is 11.7 Å². The summed E-state index contributed by atoms with van der Waals surface area (Å²) < 4.78 is 29.4. The Bertz CT molecular complexity index is 1170. The third-order valence-corrected chi connectivity index (χ3v) is 5.03. The van der Waals surface area contributed by atoms with Gasteiger partial charge in [0, 0.05) is 11.8 Å². The molecule has 2 heterocycles. The van der Waals surface area contributed by atoms with Crippen LogP contribution in [0.2, 0.25) is 0 Å². The summed E-state index contributed by atoms with van der Waals surface area (Å²) in [6.45, 7) is 0. The minimum absolute atomic E-state index is 0.173. The molecule has 0 bridgehead atoms. The summed E-state index contributed by atoms with van der Waals surface area (Å²) in [5.41, 5.74) is 0.315. The number of methoxy groups -OCH3 is 2. The zero-order valence-corrected chi connectivity index (χ0v) is 16.7. The van der Waals surface area contributed by atoms with Crippen molar-refractivity contribution in [1.82, 2.24) is 0 Å². The predicted molar refractivity (Wildman–Crippen MR) is 109 cm³/mol. The summed E-state index contributed by atoms with van der Waals surface area (Å²) in [4.78, 5) is 27.1. The number of benzene rings is 2. The molecule has 158 valence electrons. The smallest absolute Gasteiger partial charge is 0.300 e. The molecule has 1 aliphatic heterocycles. The zero-order valence-electron chi connectivity index (χ0n) is 16.7. The monoisotopic (exact) mass is 423 g/mol. The van der Waals surface area contributed by atoms with Gasteiger partial charge in [-0.2, -0.15) is 0 Å². The molecule has 1 aliphatic rings. The van der Waals surface area contributed by atoms with Crippen LogP contribution in [-0.2, 0) is 9.59 Å². The fraction of sp³-hybridized carbons (Fsp3) is 0.130. The van der Waals surface area contributed by atoms with Crippen molar-refractivity contribution >= 4 is 23.1 Å². The molecule has 0 spiro atoms. The number of hydrogen-bond donors (Lipinski definition) is 1. The van der Waals surface area contributed by atoms with Crippen molar-refractivity contribution in [2.45, 2.75) is 6.04 Å². The van der Waals surface area contributed by atoms with Gasteiger partial charge in [-0.05, 0) is 48.5 Å². The number of carbonyl (C=O) groups excluding carboxylic acids is 2. The Morgan fingerprint density at radius 1 is 1.06 bits per heavy atom. The van der Waals surface area contributed by atoms with Crippen molar-refractivity contribution in [3.63, 3.8) is 0 Å². The quantitative estimate of drug-likeness (QED) is 0.378. The maximum atomic E-state index is 13.4. The number of hydrogen-bond acceptors (Lipinski definition) is 6. The van der Waals surface area contributed by atoms with Gasteiger partial charge < -0.3 is 19.0 Å². The van der Waals surface area contributed by atoms with Crippen molar-refractivity contribution in [3.05, 3.63) is 83.6 Å². The van der Waals surface area contributed by atoms with E-state index in [1.165, 1.54) is 55.7 Å². The minimum atomic E-state index is -1.05. The van der Waals surface area contributed by atoms with Gasteiger partial charge in [-0.25, -0.2) is 4.39 Å². The van der Waals surface area contributed by atoms with Gasteiger partial charge in [-0.15, -0.1) is 0 Å². The SMILES string of the molecule is COc1ccc(/C(O)=C2/C(=O)C(=O)N(c3ccc(F)cc3)C2c2ccco2)c(OC)c1. The highest BCUT2D eigenvalue weighted by atomic mass is 19.1. The maximum Gasteiger partial charge on any atom is 0.300 e. The van der Waals surface area contributed by atoms with E-state index < -0.39 is 29.3 Å². The fourth-order valence-corrected chi connectivity index (χ4v) is 3.56. The van der Waals surface area contributed by atoms with Gasteiger partial charge in [0.05, 0.1) is 31.6 Å². The number of halogens is 1. The van der Waals surface area contributed by atoms with E-state index >= 15 is 0 Å². The number of Topliss-reactive ketones (excluding diaryl/α,β-unsaturated/α-hetero) is 1. The molecule has 31 heavy (non-hydrogen) atoms. The number of anilines is 1. The molecular formula is C23H18FNO6. The first-order chi connectivity index (χ1) is 15.0. The molecule has 0 radical (unpaired) electrons. The molecule has 7 nitrogen and oxygen atoms in total. The van der Waals surface area contributed by atoms with E-state index in [2.05, 4.69) is 0 Å². The van der Waals surface area contributed by atoms with Gasteiger partial charge in [0.1, 0.15) is 34.9 Å². The van der Waals surface area contributed by atoms with Crippen LogP contribution in [0.15, 0.2) is 70.9 Å². The summed E-state index contributed by atoms with van der Waals surface area (Å²) in [5.74, 6) is -1.69. The Morgan fingerprint density at radius 3 is 2.42 bits per heavy atom. The average molecular weight is 423 g/mol. The van der Waals surface area contributed by atoms with Crippen LogP contribution in [-0.4, -0.2) is 31.0 Å². The Balaban J connectivity index is 1.93. The van der Waals surface area contributed by atoms with E-state index in [1.54, 1.807) is 24.3 Å². The number of nitrogens with zero attached hydrogens (tertiary/aromatic N) is 1. The van der Waals surface area contributed by atoms with E-state index in [0.29, 0.717) is 5.75 Å². The molecule has 0 aliphatic carbocycles. The number of furan rings is 1. The number of aliphatic hydroxyl groups is 1. The molecule has 1 fully saturated rings. The molecule has 3 aromatic rings. The lowest BCUT2D eigenvalue weighted by molar-refractivity contribution is -0.132. The second kappa shape index (κ2) is 7.98. The zero-order chi connectivity index (χ0) is 22.1. The highest BCUT2D eigenvalue weighted by molar-refractivity contribution is 6.51. The lowest BCUT2D eigenvalue weighted by Crippen LogP contribution is -2.29. The normalized spacial score (nSPS) is 17.8. The first-order valence-electron chi connectivity index (χ1n) is 9.28. The largest absolute Gasteiger partial charge is 0.507 e. The van der Waals surface area contributed by atoms with Crippen molar-refractivity contribution in [2.24, 2.45) is 0 Å². The lowest BCUT2D eigenvalue weighted by Gasteiger charge is -2.23. The molecule has 1 atom stereocenters. The number of aliphatic hydroxyl groups excluding tert-OH is 1. The van der Waals surface area contributed by atoms with Gasteiger partial charge in [0.2, 0.25) is 0 Å². The predicted octanol–water partition coefficient (Wildman–Crippen LogP) is 4.06. The van der Waals surface area contributed by atoms with Crippen LogP contribution in [0, 0.1) is 5.82 Å². The molecule has 4 rings (SSSR count). The van der Waals surface area contributed by atoms with Crippen LogP contribution < -0.4 is 14.4 Å². The number of amides is 1. The van der Waals surface area contributed by atoms with Gasteiger partial charge >= 0.3 is 0 Å². The molecular weight excluding hydrogens is 405 g/mol. The maximum absolute atomic E-state index is 13.4. The third kappa shape index (κ3) is 3.42. The molecule has 1 N–H and O–H groups in total. The number of ether oxygens (including phenoxy) is 2. The first-order valence-corrected chi connectivity index (χ1v) is 9.28. The third-order valence-electron chi connectivity index (χ3n) is 5.03. The van der Waals surface area contributed by atoms with E-state index in [9.17, 15) is 19.1 Å². The second-order valence-electron chi connectivity index (χ2n) is 6.73. The molecule has 1 amide bonds. The molecule has 0 saturated carbocycles. The second-order valence-corrected chi connectivity index (χ2v) is 6.73. The number of ketones is 1. The summed E-state index contributed by atoms with van der Waals surface area (Å²) in [6.07, 6.45) is 1.40. The van der Waals surface area contributed by atoms with Crippen molar-refractivity contribution in [1.29, 1.82) is 0 Å². The van der Waals surface area contributed by atoms with Gasteiger partial charge in [0.15, 0.2) is 0 Å². The lowest BCUT2D eigenvalue weighted by atomic mass is 9.98. The van der Waals surface area contributed by atoms with Crippen LogP contribution in [0.5, 0.6) is 11.5 Å². The van der Waals surface area contributed by atoms with E-state index in [1.807, 2.05) is 0 Å². The average Bonchev–Trinajstić information content (AvgIpc) is 3.40. The van der Waals surface area contributed by atoms with Crippen LogP contribution in [0.4, 0.5) is 10.1 Å². The Morgan fingerprint density at radius 2 is 1.81 bits per heavy atom. The Labute approximate surface area is 176 Å². The fourth-order valence-electron chi connectivity index (χ4n) is 3.56. The topological polar surface area (TPSA) is 89.2 Å². The summed E-state index contributed by atoms with van der Waals surface area (Å²) in [7, 11) is 2.89. The van der Waals surface area contributed by atoms with Gasteiger partial charge in [-0.1, -0.05) is 0 Å². The highest BCUT2D eigenvalue weighted by Gasteiger charge is 2.48. The standard InChI is InChI=1S/C23H18FNO6/c1-29-15-9-10-16(18(12-15)30-2)21(26)19-20(17-4-3-11-31-17)25(23(28)22(19)27)14-7-5-13(24)6-8-14/h3-12,20,26H,1-2H3/b21-19-. The summed E-state index contributed by atoms with van der Waals surface area (Å²) in [6, 6.07) is 11.9. The molecule has 1 saturated heterocycles. The molecule has 1 unspecified atom stereocenters. The first kappa shape index (κ1) is 20.2. The van der Waals surface area contributed by atoms with Crippen molar-refractivity contribution < 1.29 is 33.0 Å². The highest BCUT2D eigenvalue weighted by Crippen LogP contribution is 2.43. The molecule has 8 heteroatoms. The summed E-state index contributed by atoms with van der Waals surface area (Å²) >= 11 is 0. The van der Waals surface area contributed by atoms with Crippen molar-refractivity contribution in [3.8, 4) is 11.5 Å². The minimum Gasteiger partial charge on any atom is -0.507 e. The van der Waals surface area contributed by atoms with Crippen LogP contribution in [0.3, 0.4) is 0 Å². The Hall–Kier alpha value is -4.07. The molecule has 2 aromatic carbocycles. The van der Waals surface area contributed by atoms with Gasteiger partial charge in [-0.3, -0.25) is 14.5 Å². The molecule has 1 aromatic heterocycles. The Kier molecular flexibility index (Phi) is 5.21.